The van der Waals surface area contributed by atoms with Gasteiger partial charge < -0.3 is 10.1 Å². The largest absolute Gasteiger partial charge is 0.480 e. The van der Waals surface area contributed by atoms with Crippen LogP contribution in [0.25, 0.3) is 5.70 Å². The van der Waals surface area contributed by atoms with Crippen molar-refractivity contribution in [3.8, 4) is 5.75 Å². The first-order valence-corrected chi connectivity index (χ1v) is 11.0. The predicted molar refractivity (Wildman–Crippen MR) is 126 cm³/mol. The van der Waals surface area contributed by atoms with Crippen LogP contribution in [-0.2, 0) is 0 Å². The van der Waals surface area contributed by atoms with Gasteiger partial charge in [-0.05, 0) is 42.3 Å². The molecule has 0 fully saturated rings. The monoisotopic (exact) mass is 460 g/mol. The van der Waals surface area contributed by atoms with Gasteiger partial charge in [-0.25, -0.2) is 4.68 Å². The SMILES string of the molecule is Cc1ccc([C@@H]2Oc3ccccc3C3=C2[C@H](c2ccc(Cl)cc2Cl)n2ncnc2N3)cc1. The van der Waals surface area contributed by atoms with Crippen LogP contribution in [-0.4, -0.2) is 14.8 Å². The van der Waals surface area contributed by atoms with E-state index < -0.39 is 0 Å². The molecule has 0 radical (unpaired) electrons. The summed E-state index contributed by atoms with van der Waals surface area (Å²) in [5.41, 5.74) is 6.10. The standard InChI is InChI=1S/C25H18Cl2N4O/c1-14-6-8-15(9-7-14)24-21-22(18-4-2-3-5-20(18)32-24)30-25-28-13-29-31(25)23(21)17-11-10-16(26)12-19(17)27/h2-13,23-24H,1H3,(H,28,29,30)/t23-,24-/m0/s1. The number of aryl methyl sites for hydroxylation is 1. The van der Waals surface area contributed by atoms with E-state index in [1.165, 1.54) is 5.56 Å². The minimum Gasteiger partial charge on any atom is -0.480 e. The van der Waals surface area contributed by atoms with E-state index >= 15 is 0 Å². The Morgan fingerprint density at radius 2 is 1.81 bits per heavy atom. The number of nitrogens with zero attached hydrogens (tertiary/aromatic N) is 3. The summed E-state index contributed by atoms with van der Waals surface area (Å²) in [6.07, 6.45) is 1.22. The van der Waals surface area contributed by atoms with E-state index in [-0.39, 0.29) is 12.1 Å². The summed E-state index contributed by atoms with van der Waals surface area (Å²) in [5, 5.41) is 9.18. The minimum absolute atomic E-state index is 0.312. The number of benzene rings is 3. The average molecular weight is 461 g/mol. The summed E-state index contributed by atoms with van der Waals surface area (Å²) < 4.78 is 8.46. The maximum atomic E-state index is 6.71. The molecule has 2 atom stereocenters. The Kier molecular flexibility index (Phi) is 4.49. The van der Waals surface area contributed by atoms with Crippen molar-refractivity contribution in [2.75, 3.05) is 5.32 Å². The third-order valence-corrected chi connectivity index (χ3v) is 6.52. The molecule has 0 bridgehead atoms. The Morgan fingerprint density at radius 3 is 2.62 bits per heavy atom. The zero-order valence-electron chi connectivity index (χ0n) is 17.1. The number of rotatable bonds is 2. The lowest BCUT2D eigenvalue weighted by atomic mass is 9.84. The van der Waals surface area contributed by atoms with Crippen molar-refractivity contribution < 1.29 is 4.74 Å². The van der Waals surface area contributed by atoms with E-state index in [1.54, 1.807) is 12.4 Å². The molecule has 3 aromatic carbocycles. The second-order valence-corrected chi connectivity index (χ2v) is 8.80. The molecular formula is C25H18Cl2N4O. The zero-order valence-corrected chi connectivity index (χ0v) is 18.6. The molecule has 2 aliphatic heterocycles. The van der Waals surface area contributed by atoms with Gasteiger partial charge in [0.05, 0.1) is 5.70 Å². The van der Waals surface area contributed by atoms with Crippen LogP contribution in [0.1, 0.15) is 34.4 Å². The molecule has 2 aliphatic rings. The average Bonchev–Trinajstić information content (AvgIpc) is 3.27. The maximum Gasteiger partial charge on any atom is 0.226 e. The highest BCUT2D eigenvalue weighted by atomic mass is 35.5. The molecule has 1 aromatic heterocycles. The summed E-state index contributed by atoms with van der Waals surface area (Å²) in [6.45, 7) is 2.08. The first-order chi connectivity index (χ1) is 15.6. The lowest BCUT2D eigenvalue weighted by molar-refractivity contribution is 0.223. The number of para-hydroxylation sites is 1. The highest BCUT2D eigenvalue weighted by molar-refractivity contribution is 6.35. The second-order valence-electron chi connectivity index (χ2n) is 7.96. The number of nitrogens with one attached hydrogen (secondary N) is 1. The lowest BCUT2D eigenvalue weighted by Gasteiger charge is -2.39. The van der Waals surface area contributed by atoms with E-state index in [2.05, 4.69) is 52.7 Å². The summed E-state index contributed by atoms with van der Waals surface area (Å²) in [7, 11) is 0. The highest BCUT2D eigenvalue weighted by Crippen LogP contribution is 2.51. The molecule has 4 aromatic rings. The zero-order chi connectivity index (χ0) is 21.8. The van der Waals surface area contributed by atoms with Crippen molar-refractivity contribution in [2.24, 2.45) is 0 Å². The minimum atomic E-state index is -0.331. The van der Waals surface area contributed by atoms with Crippen molar-refractivity contribution in [1.29, 1.82) is 0 Å². The van der Waals surface area contributed by atoms with Gasteiger partial charge >= 0.3 is 0 Å². The molecule has 0 aliphatic carbocycles. The van der Waals surface area contributed by atoms with Gasteiger partial charge in [-0.2, -0.15) is 10.1 Å². The molecule has 0 saturated heterocycles. The number of ether oxygens (including phenoxy) is 1. The molecule has 0 amide bonds. The van der Waals surface area contributed by atoms with Crippen LogP contribution in [0.5, 0.6) is 5.75 Å². The van der Waals surface area contributed by atoms with Gasteiger partial charge in [0.2, 0.25) is 5.95 Å². The first-order valence-electron chi connectivity index (χ1n) is 10.3. The van der Waals surface area contributed by atoms with Gasteiger partial charge in [0.15, 0.2) is 0 Å². The van der Waals surface area contributed by atoms with Crippen LogP contribution in [0.4, 0.5) is 5.95 Å². The van der Waals surface area contributed by atoms with Crippen LogP contribution in [0.15, 0.2) is 78.6 Å². The number of anilines is 1. The summed E-state index contributed by atoms with van der Waals surface area (Å²) in [5.74, 6) is 1.47. The van der Waals surface area contributed by atoms with Crippen LogP contribution < -0.4 is 10.1 Å². The Morgan fingerprint density at radius 1 is 1.00 bits per heavy atom. The van der Waals surface area contributed by atoms with Gasteiger partial charge in [-0.3, -0.25) is 0 Å². The van der Waals surface area contributed by atoms with E-state index in [4.69, 9.17) is 27.9 Å². The topological polar surface area (TPSA) is 52.0 Å². The van der Waals surface area contributed by atoms with E-state index in [1.807, 2.05) is 35.0 Å². The van der Waals surface area contributed by atoms with E-state index in [0.717, 1.165) is 33.7 Å². The molecule has 5 nitrogen and oxygen atoms in total. The molecule has 7 heteroatoms. The van der Waals surface area contributed by atoms with Crippen LogP contribution >= 0.6 is 23.2 Å². The van der Waals surface area contributed by atoms with Gasteiger partial charge in [0, 0.05) is 21.2 Å². The molecule has 158 valence electrons. The highest BCUT2D eigenvalue weighted by Gasteiger charge is 2.41. The molecule has 3 heterocycles. The molecule has 1 N–H and O–H groups in total. The first kappa shape index (κ1) is 19.4. The third kappa shape index (κ3) is 3.00. The van der Waals surface area contributed by atoms with Crippen LogP contribution in [0, 0.1) is 6.92 Å². The summed E-state index contributed by atoms with van der Waals surface area (Å²) in [6, 6.07) is 21.7. The Bertz CT molecular complexity index is 1380. The third-order valence-electron chi connectivity index (χ3n) is 5.96. The quantitative estimate of drug-likeness (QED) is 0.373. The van der Waals surface area contributed by atoms with Crippen molar-refractivity contribution in [1.82, 2.24) is 14.8 Å². The fraction of sp³-hybridized carbons (Fsp3) is 0.120. The number of halogens is 2. The van der Waals surface area contributed by atoms with Gasteiger partial charge in [0.1, 0.15) is 24.2 Å². The van der Waals surface area contributed by atoms with Crippen molar-refractivity contribution >= 4 is 34.8 Å². The number of aromatic nitrogens is 3. The molecule has 0 unspecified atom stereocenters. The van der Waals surface area contributed by atoms with Crippen molar-refractivity contribution in [2.45, 2.75) is 19.1 Å². The predicted octanol–water partition coefficient (Wildman–Crippen LogP) is 6.45. The van der Waals surface area contributed by atoms with Crippen LogP contribution in [0.3, 0.4) is 0 Å². The maximum absolute atomic E-state index is 6.71. The number of hydrogen-bond donors (Lipinski definition) is 1. The Hall–Kier alpha value is -3.28. The lowest BCUT2D eigenvalue weighted by Crippen LogP contribution is -2.32. The van der Waals surface area contributed by atoms with Gasteiger partial charge in [-0.1, -0.05) is 71.2 Å². The summed E-state index contributed by atoms with van der Waals surface area (Å²) in [4.78, 5) is 4.45. The Balaban J connectivity index is 1.64. The van der Waals surface area contributed by atoms with Gasteiger partial charge in [0.25, 0.3) is 0 Å². The van der Waals surface area contributed by atoms with E-state index in [0.29, 0.717) is 16.0 Å². The Labute approximate surface area is 195 Å². The normalized spacial score (nSPS) is 18.8. The fourth-order valence-electron chi connectivity index (χ4n) is 4.46. The number of hydrogen-bond acceptors (Lipinski definition) is 4. The van der Waals surface area contributed by atoms with E-state index in [9.17, 15) is 0 Å². The summed E-state index contributed by atoms with van der Waals surface area (Å²) >= 11 is 12.9. The number of fused-ring (bicyclic) bond motifs is 3. The second kappa shape index (κ2) is 7.40. The molecule has 32 heavy (non-hydrogen) atoms. The van der Waals surface area contributed by atoms with Crippen molar-refractivity contribution in [3.63, 3.8) is 0 Å². The smallest absolute Gasteiger partial charge is 0.226 e. The molecule has 6 rings (SSSR count). The molecule has 0 saturated carbocycles. The fourth-order valence-corrected chi connectivity index (χ4v) is 4.97. The molecular weight excluding hydrogens is 443 g/mol. The van der Waals surface area contributed by atoms with Crippen LogP contribution in [0.2, 0.25) is 10.0 Å². The molecule has 0 spiro atoms. The van der Waals surface area contributed by atoms with Gasteiger partial charge in [-0.15, -0.1) is 0 Å². The van der Waals surface area contributed by atoms with Crippen molar-refractivity contribution in [3.05, 3.63) is 111 Å².